The smallest absolute Gasteiger partial charge is 0.310 e. The van der Waals surface area contributed by atoms with Crippen LogP contribution in [0.3, 0.4) is 0 Å². The summed E-state index contributed by atoms with van der Waals surface area (Å²) in [6.07, 6.45) is -4.68. The van der Waals surface area contributed by atoms with Gasteiger partial charge in [-0.25, -0.2) is 21.8 Å². The predicted molar refractivity (Wildman–Crippen MR) is 200 cm³/mol. The molecule has 11 nitrogen and oxygen atoms in total. The number of benzene rings is 3. The van der Waals surface area contributed by atoms with Crippen molar-refractivity contribution in [1.29, 1.82) is 0 Å². The molecule has 0 fully saturated rings. The minimum atomic E-state index is -4.68. The molecule has 54 heavy (non-hydrogen) atoms. The molecule has 2 N–H and O–H groups in total. The second-order valence-electron chi connectivity index (χ2n) is 13.4. The molecular weight excluding hydrogens is 744 g/mol. The summed E-state index contributed by atoms with van der Waals surface area (Å²) in [7, 11) is -6.25. The van der Waals surface area contributed by atoms with E-state index in [1.165, 1.54) is 56.6 Å². The van der Waals surface area contributed by atoms with Crippen LogP contribution in [0.15, 0.2) is 113 Å². The average molecular weight is 784 g/mol. The van der Waals surface area contributed by atoms with E-state index >= 15 is 0 Å². The lowest BCUT2D eigenvalue weighted by Gasteiger charge is -2.24. The van der Waals surface area contributed by atoms with Gasteiger partial charge in [-0.1, -0.05) is 71.8 Å². The summed E-state index contributed by atoms with van der Waals surface area (Å²) < 4.78 is 87.7. The Hall–Kier alpha value is -5.35. The van der Waals surface area contributed by atoms with Crippen molar-refractivity contribution >= 4 is 43.1 Å². The molecule has 0 atom stereocenters. The van der Waals surface area contributed by atoms with Gasteiger partial charge in [-0.05, 0) is 77.9 Å². The van der Waals surface area contributed by atoms with Crippen LogP contribution >= 0.6 is 0 Å². The lowest BCUT2D eigenvalue weighted by Crippen LogP contribution is -2.44. The van der Waals surface area contributed by atoms with Crippen LogP contribution in [0, 0.1) is 13.8 Å². The zero-order chi connectivity index (χ0) is 40.3. The number of nitrogens with zero attached hydrogens (tertiary/aromatic N) is 3. The third-order valence-electron chi connectivity index (χ3n) is 8.57. The quantitative estimate of drug-likeness (QED) is 0.159. The normalized spacial score (nSPS) is 12.3. The molecule has 0 unspecified atom stereocenters. The zero-order valence-electron chi connectivity index (χ0n) is 30.6. The maximum atomic E-state index is 13.0. The minimum Gasteiger partial charge on any atom is -0.310 e. The standard InChI is InChI=1S/C21H23N3O3S.C17H17F3N2O3S/c1-15-10-12-17(13-11-15)28(26,27)21(2,3)20(25)22-19-14-18(23-24(19)4)16-8-6-5-7-9-16;1-11-7-9-12(10-8-11)26(24,25)16(2,3)15(23)22-14-6-4-5-13(21-14)17(18,19)20/h5-14H,1-4H3,(H,22,25);4-10H,1-3H3,(H,21,22,23). The fourth-order valence-corrected chi connectivity index (χ4v) is 7.56. The Morgan fingerprint density at radius 3 is 1.57 bits per heavy atom. The van der Waals surface area contributed by atoms with Crippen molar-refractivity contribution in [3.05, 3.63) is 120 Å². The molecule has 5 rings (SSSR count). The van der Waals surface area contributed by atoms with E-state index in [0.717, 1.165) is 34.9 Å². The third kappa shape index (κ3) is 8.88. The zero-order valence-corrected chi connectivity index (χ0v) is 32.2. The van der Waals surface area contributed by atoms with Gasteiger partial charge in [-0.3, -0.25) is 14.3 Å². The van der Waals surface area contributed by atoms with E-state index in [1.54, 1.807) is 44.3 Å². The molecular formula is C38H40F3N5O6S2. The summed E-state index contributed by atoms with van der Waals surface area (Å²) in [4.78, 5) is 28.7. The van der Waals surface area contributed by atoms with E-state index in [0.29, 0.717) is 11.5 Å². The van der Waals surface area contributed by atoms with Gasteiger partial charge in [0.05, 0.1) is 15.5 Å². The molecule has 2 aromatic heterocycles. The highest BCUT2D eigenvalue weighted by molar-refractivity contribution is 7.94. The molecule has 0 spiro atoms. The maximum Gasteiger partial charge on any atom is 0.433 e. The number of rotatable bonds is 9. The number of carbonyl (C=O) groups excluding carboxylic acids is 2. The Morgan fingerprint density at radius 1 is 0.648 bits per heavy atom. The number of hydrogen-bond acceptors (Lipinski definition) is 8. The van der Waals surface area contributed by atoms with Crippen molar-refractivity contribution in [3.63, 3.8) is 0 Å². The number of aromatic nitrogens is 3. The summed E-state index contributed by atoms with van der Waals surface area (Å²) in [6, 6.07) is 26.7. The number of carbonyl (C=O) groups is 2. The van der Waals surface area contributed by atoms with E-state index in [4.69, 9.17) is 0 Å². The van der Waals surface area contributed by atoms with Gasteiger partial charge in [0.15, 0.2) is 19.7 Å². The highest BCUT2D eigenvalue weighted by Crippen LogP contribution is 2.31. The van der Waals surface area contributed by atoms with E-state index in [1.807, 2.05) is 37.3 Å². The van der Waals surface area contributed by atoms with Gasteiger partial charge in [-0.2, -0.15) is 18.3 Å². The van der Waals surface area contributed by atoms with Crippen LogP contribution in [-0.2, 0) is 42.5 Å². The molecule has 16 heteroatoms. The SMILES string of the molecule is Cc1ccc(S(=O)(=O)C(C)(C)C(=O)Nc2cc(-c3ccccc3)nn2C)cc1.Cc1ccc(S(=O)(=O)C(C)(C)C(=O)Nc2cccc(C(F)(F)F)n2)cc1. The molecule has 0 saturated heterocycles. The molecule has 0 aliphatic heterocycles. The molecule has 0 radical (unpaired) electrons. The highest BCUT2D eigenvalue weighted by atomic mass is 32.2. The molecule has 3 aromatic carbocycles. The van der Waals surface area contributed by atoms with Crippen LogP contribution in [0.2, 0.25) is 0 Å². The molecule has 2 amide bonds. The number of amides is 2. The first-order chi connectivity index (χ1) is 25.0. The lowest BCUT2D eigenvalue weighted by atomic mass is 10.1. The van der Waals surface area contributed by atoms with Crippen LogP contribution in [-0.4, -0.2) is 52.9 Å². The monoisotopic (exact) mass is 783 g/mol. The van der Waals surface area contributed by atoms with Crippen LogP contribution in [0.25, 0.3) is 11.3 Å². The van der Waals surface area contributed by atoms with Gasteiger partial charge < -0.3 is 10.6 Å². The summed E-state index contributed by atoms with van der Waals surface area (Å²) in [6.45, 7) is 8.85. The Kier molecular flexibility index (Phi) is 11.9. The Balaban J connectivity index is 0.000000241. The molecule has 0 saturated carbocycles. The van der Waals surface area contributed by atoms with E-state index < -0.39 is 52.9 Å². The predicted octanol–water partition coefficient (Wildman–Crippen LogP) is 7.19. The number of halogens is 3. The number of aryl methyl sites for hydroxylation is 3. The second kappa shape index (κ2) is 15.6. The average Bonchev–Trinajstić information content (AvgIpc) is 3.48. The van der Waals surface area contributed by atoms with Crippen LogP contribution in [0.4, 0.5) is 24.8 Å². The molecule has 5 aromatic rings. The third-order valence-corrected chi connectivity index (χ3v) is 13.4. The van der Waals surface area contributed by atoms with Crippen molar-refractivity contribution in [2.24, 2.45) is 7.05 Å². The van der Waals surface area contributed by atoms with Crippen molar-refractivity contribution in [3.8, 4) is 11.3 Å². The maximum absolute atomic E-state index is 13.0. The number of nitrogens with one attached hydrogen (secondary N) is 2. The molecule has 0 aliphatic rings. The summed E-state index contributed by atoms with van der Waals surface area (Å²) >= 11 is 0. The van der Waals surface area contributed by atoms with Gasteiger partial charge in [0.1, 0.15) is 26.8 Å². The van der Waals surface area contributed by atoms with E-state index in [-0.39, 0.29) is 15.6 Å². The van der Waals surface area contributed by atoms with Gasteiger partial charge in [0.25, 0.3) is 0 Å². The van der Waals surface area contributed by atoms with Gasteiger partial charge >= 0.3 is 6.18 Å². The van der Waals surface area contributed by atoms with E-state index in [2.05, 4.69) is 20.7 Å². The number of pyridine rings is 1. The molecule has 0 aliphatic carbocycles. The van der Waals surface area contributed by atoms with Crippen LogP contribution in [0.5, 0.6) is 0 Å². The summed E-state index contributed by atoms with van der Waals surface area (Å²) in [5.41, 5.74) is 2.21. The first-order valence-electron chi connectivity index (χ1n) is 16.4. The molecule has 2 heterocycles. The Morgan fingerprint density at radius 2 is 1.11 bits per heavy atom. The number of alkyl halides is 3. The van der Waals surface area contributed by atoms with Crippen molar-refractivity contribution in [1.82, 2.24) is 14.8 Å². The van der Waals surface area contributed by atoms with Crippen LogP contribution in [0.1, 0.15) is 44.5 Å². The number of hydrogen-bond donors (Lipinski definition) is 2. The minimum absolute atomic E-state index is 0.0553. The number of sulfone groups is 2. The van der Waals surface area contributed by atoms with Gasteiger partial charge in [0.2, 0.25) is 11.8 Å². The van der Waals surface area contributed by atoms with Crippen molar-refractivity contribution < 1.29 is 39.6 Å². The topological polar surface area (TPSA) is 157 Å². The largest absolute Gasteiger partial charge is 0.433 e. The lowest BCUT2D eigenvalue weighted by molar-refractivity contribution is -0.141. The van der Waals surface area contributed by atoms with Crippen LogP contribution < -0.4 is 10.6 Å². The fourth-order valence-electron chi connectivity index (χ4n) is 4.80. The highest BCUT2D eigenvalue weighted by Gasteiger charge is 2.44. The van der Waals surface area contributed by atoms with Crippen molar-refractivity contribution in [2.45, 2.75) is 67.0 Å². The Labute approximate surface area is 312 Å². The fraction of sp³-hybridized carbons (Fsp3) is 0.263. The second-order valence-corrected chi connectivity index (χ2v) is 18.4. The van der Waals surface area contributed by atoms with Crippen molar-refractivity contribution in [2.75, 3.05) is 10.6 Å². The first kappa shape index (κ1) is 41.4. The number of anilines is 2. The van der Waals surface area contributed by atoms with Gasteiger partial charge in [-0.15, -0.1) is 0 Å². The molecule has 286 valence electrons. The first-order valence-corrected chi connectivity index (χ1v) is 19.3. The van der Waals surface area contributed by atoms with E-state index in [9.17, 15) is 39.6 Å². The summed E-state index contributed by atoms with van der Waals surface area (Å²) in [5.74, 6) is -1.55. The van der Waals surface area contributed by atoms with Gasteiger partial charge in [0, 0.05) is 18.7 Å². The summed E-state index contributed by atoms with van der Waals surface area (Å²) in [5, 5.41) is 9.26. The molecule has 0 bridgehead atoms. The Bertz CT molecular complexity index is 2360.